The Morgan fingerprint density at radius 1 is 1.15 bits per heavy atom. The average molecular weight is 171 g/mol. The first-order valence-corrected chi connectivity index (χ1v) is 4.45. The number of rotatable bonds is 2. The van der Waals surface area contributed by atoms with Crippen LogP contribution in [0, 0.1) is 0 Å². The molecule has 1 aliphatic rings. The largest absolute Gasteiger partial charge is 0.155 e. The van der Waals surface area contributed by atoms with Crippen LogP contribution in [0.15, 0.2) is 47.2 Å². The van der Waals surface area contributed by atoms with Gasteiger partial charge in [-0.25, -0.2) is 0 Å². The minimum Gasteiger partial charge on any atom is -0.155 e. The zero-order chi connectivity index (χ0) is 9.10. The zero-order valence-electron chi connectivity index (χ0n) is 7.57. The van der Waals surface area contributed by atoms with Gasteiger partial charge in [0, 0.05) is 5.56 Å². The summed E-state index contributed by atoms with van der Waals surface area (Å²) in [6.45, 7) is 2.08. The van der Waals surface area contributed by atoms with Crippen LogP contribution in [-0.2, 0) is 0 Å². The summed E-state index contributed by atoms with van der Waals surface area (Å²) in [6, 6.07) is 10.1. The molecule has 13 heavy (non-hydrogen) atoms. The van der Waals surface area contributed by atoms with Crippen molar-refractivity contribution in [2.75, 3.05) is 0 Å². The van der Waals surface area contributed by atoms with Crippen molar-refractivity contribution in [3.63, 3.8) is 0 Å². The normalized spacial score (nSPS) is 14.8. The molecule has 1 radical (unpaired) electrons. The summed E-state index contributed by atoms with van der Waals surface area (Å²) in [4.78, 5) is 0. The van der Waals surface area contributed by atoms with Crippen molar-refractivity contribution < 1.29 is 0 Å². The monoisotopic (exact) mass is 171 g/mol. The van der Waals surface area contributed by atoms with E-state index in [9.17, 15) is 0 Å². The van der Waals surface area contributed by atoms with Gasteiger partial charge in [0.1, 0.15) is 0 Å². The van der Waals surface area contributed by atoms with Gasteiger partial charge in [-0.15, -0.1) is 0 Å². The van der Waals surface area contributed by atoms with E-state index in [0.29, 0.717) is 0 Å². The van der Waals surface area contributed by atoms with Crippen molar-refractivity contribution in [3.05, 3.63) is 47.7 Å². The maximum Gasteiger partial charge on any atom is 0.0947 e. The summed E-state index contributed by atoms with van der Waals surface area (Å²) in [5.74, 6) is 0. The Morgan fingerprint density at radius 3 is 2.54 bits per heavy atom. The minimum absolute atomic E-state index is 0.944. The van der Waals surface area contributed by atoms with Crippen molar-refractivity contribution in [3.8, 4) is 0 Å². The molecule has 1 aliphatic heterocycles. The molecule has 2 heteroatoms. The average Bonchev–Trinajstić information content (AvgIpc) is 2.67. The third-order valence-corrected chi connectivity index (χ3v) is 2.02. The van der Waals surface area contributed by atoms with E-state index in [4.69, 9.17) is 0 Å². The van der Waals surface area contributed by atoms with Gasteiger partial charge in [0.2, 0.25) is 0 Å². The Bertz CT molecular complexity index is 350. The molecule has 2 rings (SSSR count). The van der Waals surface area contributed by atoms with Gasteiger partial charge in [-0.05, 0) is 12.5 Å². The van der Waals surface area contributed by atoms with Crippen molar-refractivity contribution in [1.82, 2.24) is 5.43 Å². The molecule has 1 aromatic carbocycles. The van der Waals surface area contributed by atoms with Gasteiger partial charge in [-0.2, -0.15) is 10.5 Å². The summed E-state index contributed by atoms with van der Waals surface area (Å²) < 4.78 is 0. The summed E-state index contributed by atoms with van der Waals surface area (Å²) in [5, 5.41) is 4.11. The molecule has 0 amide bonds. The first-order valence-electron chi connectivity index (χ1n) is 4.45. The van der Waals surface area contributed by atoms with Gasteiger partial charge in [0.25, 0.3) is 0 Å². The van der Waals surface area contributed by atoms with Crippen LogP contribution in [0.3, 0.4) is 0 Å². The van der Waals surface area contributed by atoms with Crippen molar-refractivity contribution in [2.24, 2.45) is 5.10 Å². The Morgan fingerprint density at radius 2 is 1.92 bits per heavy atom. The third kappa shape index (κ3) is 1.61. The molecule has 0 aromatic heterocycles. The Balaban J connectivity index is 2.25. The fraction of sp³-hybridized carbons (Fsp3) is 0.182. The molecular weight excluding hydrogens is 160 g/mol. The maximum absolute atomic E-state index is 4.11. The van der Waals surface area contributed by atoms with Gasteiger partial charge < -0.3 is 0 Å². The predicted octanol–water partition coefficient (Wildman–Crippen LogP) is 2.30. The second-order valence-electron chi connectivity index (χ2n) is 2.94. The quantitative estimate of drug-likeness (QED) is 0.652. The summed E-state index contributed by atoms with van der Waals surface area (Å²) in [7, 11) is 0. The molecule has 1 heterocycles. The number of hydrogen-bond donors (Lipinski definition) is 0. The second kappa shape index (κ2) is 3.44. The number of hydrogen-bond acceptors (Lipinski definition) is 1. The van der Waals surface area contributed by atoms with Crippen molar-refractivity contribution in [1.29, 1.82) is 0 Å². The molecular formula is C11H11N2. The fourth-order valence-corrected chi connectivity index (χ4v) is 1.26. The lowest BCUT2D eigenvalue weighted by Gasteiger charge is -1.93. The van der Waals surface area contributed by atoms with E-state index >= 15 is 0 Å². The standard InChI is InChI=1S/C11H11N2/c1-2-10-8-11(13-12-10)9-6-4-3-5-7-9/h3-8H,2H2,1H3. The van der Waals surface area contributed by atoms with E-state index in [1.807, 2.05) is 36.4 Å². The molecule has 2 nitrogen and oxygen atoms in total. The lowest BCUT2D eigenvalue weighted by Crippen LogP contribution is -1.92. The number of allylic oxidation sites excluding steroid dienone is 2. The third-order valence-electron chi connectivity index (χ3n) is 2.02. The molecule has 65 valence electrons. The molecule has 0 aliphatic carbocycles. The highest BCUT2D eigenvalue weighted by Crippen LogP contribution is 2.11. The van der Waals surface area contributed by atoms with Crippen molar-refractivity contribution >= 4 is 5.71 Å². The number of benzene rings is 1. The second-order valence-corrected chi connectivity index (χ2v) is 2.94. The van der Waals surface area contributed by atoms with Gasteiger partial charge >= 0.3 is 0 Å². The summed E-state index contributed by atoms with van der Waals surface area (Å²) >= 11 is 0. The van der Waals surface area contributed by atoms with Crippen LogP contribution < -0.4 is 5.43 Å². The van der Waals surface area contributed by atoms with Crippen LogP contribution >= 0.6 is 0 Å². The molecule has 0 unspecified atom stereocenters. The maximum atomic E-state index is 4.11. The SMILES string of the molecule is CCC1=CC(c2ccccc2)=N[N]1. The smallest absolute Gasteiger partial charge is 0.0947 e. The molecule has 0 spiro atoms. The minimum atomic E-state index is 0.944. The lowest BCUT2D eigenvalue weighted by molar-refractivity contribution is 0.837. The van der Waals surface area contributed by atoms with E-state index in [-0.39, 0.29) is 0 Å². The topological polar surface area (TPSA) is 26.5 Å². The summed E-state index contributed by atoms with van der Waals surface area (Å²) in [5.41, 5.74) is 7.22. The van der Waals surface area contributed by atoms with Gasteiger partial charge in [0.05, 0.1) is 11.4 Å². The predicted molar refractivity (Wildman–Crippen MR) is 53.5 cm³/mol. The lowest BCUT2D eigenvalue weighted by atomic mass is 10.1. The van der Waals surface area contributed by atoms with E-state index in [1.165, 1.54) is 0 Å². The van der Waals surface area contributed by atoms with Crippen LogP contribution in [0.2, 0.25) is 0 Å². The molecule has 0 saturated heterocycles. The van der Waals surface area contributed by atoms with E-state index < -0.39 is 0 Å². The van der Waals surface area contributed by atoms with Crippen LogP contribution in [-0.4, -0.2) is 5.71 Å². The zero-order valence-corrected chi connectivity index (χ0v) is 7.57. The van der Waals surface area contributed by atoms with Crippen LogP contribution in [0.4, 0.5) is 0 Å². The van der Waals surface area contributed by atoms with E-state index in [1.54, 1.807) is 0 Å². The van der Waals surface area contributed by atoms with E-state index in [0.717, 1.165) is 23.4 Å². The van der Waals surface area contributed by atoms with E-state index in [2.05, 4.69) is 17.5 Å². The van der Waals surface area contributed by atoms with Crippen molar-refractivity contribution in [2.45, 2.75) is 13.3 Å². The van der Waals surface area contributed by atoms with Crippen LogP contribution in [0.5, 0.6) is 0 Å². The molecule has 0 N–H and O–H groups in total. The highest BCUT2D eigenvalue weighted by atomic mass is 15.3. The summed E-state index contributed by atoms with van der Waals surface area (Å²) in [6.07, 6.45) is 2.98. The Labute approximate surface area is 78.0 Å². The van der Waals surface area contributed by atoms with Crippen LogP contribution in [0.25, 0.3) is 0 Å². The first-order chi connectivity index (χ1) is 6.40. The Kier molecular flexibility index (Phi) is 2.13. The molecule has 1 aromatic rings. The highest BCUT2D eigenvalue weighted by Gasteiger charge is 2.09. The molecule has 0 fully saturated rings. The van der Waals surface area contributed by atoms with Gasteiger partial charge in [-0.1, -0.05) is 37.3 Å². The Hall–Kier alpha value is -1.57. The molecule has 0 saturated carbocycles. The highest BCUT2D eigenvalue weighted by molar-refractivity contribution is 6.09. The first kappa shape index (κ1) is 8.05. The number of nitrogens with zero attached hydrogens (tertiary/aromatic N) is 2. The van der Waals surface area contributed by atoms with Gasteiger partial charge in [0.15, 0.2) is 0 Å². The fourth-order valence-electron chi connectivity index (χ4n) is 1.26. The van der Waals surface area contributed by atoms with Crippen LogP contribution in [0.1, 0.15) is 18.9 Å². The molecule has 0 atom stereocenters. The van der Waals surface area contributed by atoms with Gasteiger partial charge in [-0.3, -0.25) is 0 Å². The molecule has 0 bridgehead atoms.